The number of carboxylic acid groups (broad SMARTS) is 1. The first kappa shape index (κ1) is 24.6. The van der Waals surface area contributed by atoms with Crippen molar-refractivity contribution in [3.63, 3.8) is 0 Å². The Morgan fingerprint density at radius 3 is 2.14 bits per heavy atom. The Balaban J connectivity index is 1.52. The summed E-state index contributed by atoms with van der Waals surface area (Å²) < 4.78 is 17.3. The van der Waals surface area contributed by atoms with E-state index in [1.165, 1.54) is 0 Å². The normalized spacial score (nSPS) is 12.9. The molecule has 0 aromatic heterocycles. The molecule has 0 saturated heterocycles. The van der Waals surface area contributed by atoms with Crippen molar-refractivity contribution in [3.05, 3.63) is 81.8 Å². The summed E-state index contributed by atoms with van der Waals surface area (Å²) in [6.45, 7) is 4.53. The summed E-state index contributed by atoms with van der Waals surface area (Å²) in [6, 6.07) is 17.8. The van der Waals surface area contributed by atoms with Gasteiger partial charge in [0, 0.05) is 5.92 Å². The van der Waals surface area contributed by atoms with Gasteiger partial charge in [0.1, 0.15) is 6.61 Å². The fourth-order valence-electron chi connectivity index (χ4n) is 4.35. The molecule has 0 spiro atoms. The molecule has 0 saturated carbocycles. The predicted molar refractivity (Wildman–Crippen MR) is 135 cm³/mol. The molecular formula is C27H26BrNO6. The number of ether oxygens (including phenoxy) is 3. The van der Waals surface area contributed by atoms with Crippen LogP contribution in [0, 0.1) is 0 Å². The summed E-state index contributed by atoms with van der Waals surface area (Å²) in [6.07, 6.45) is -0.817. The SMILES string of the molecule is CCOc1cc(C(NC(=O)OCC2c3ccccc3-c3ccccc32)C(=O)O)cc(Br)c1OCC. The third-order valence-corrected chi connectivity index (χ3v) is 6.40. The quantitative estimate of drug-likeness (QED) is 0.351. The maximum atomic E-state index is 12.7. The second-order valence-corrected chi connectivity index (χ2v) is 8.79. The summed E-state index contributed by atoms with van der Waals surface area (Å²) in [7, 11) is 0. The number of benzene rings is 3. The topological polar surface area (TPSA) is 94.1 Å². The Morgan fingerprint density at radius 2 is 1.57 bits per heavy atom. The van der Waals surface area contributed by atoms with Gasteiger partial charge < -0.3 is 24.6 Å². The molecule has 8 heteroatoms. The van der Waals surface area contributed by atoms with Crippen LogP contribution in [0.25, 0.3) is 11.1 Å². The number of hydrogen-bond donors (Lipinski definition) is 2. The molecular weight excluding hydrogens is 514 g/mol. The second-order valence-electron chi connectivity index (χ2n) is 7.94. The van der Waals surface area contributed by atoms with Gasteiger partial charge in [0.2, 0.25) is 0 Å². The molecule has 1 atom stereocenters. The average molecular weight is 540 g/mol. The molecule has 2 N–H and O–H groups in total. The molecule has 0 radical (unpaired) electrons. The van der Waals surface area contributed by atoms with Crippen LogP contribution in [0.4, 0.5) is 4.79 Å². The first-order valence-electron chi connectivity index (χ1n) is 11.4. The molecule has 35 heavy (non-hydrogen) atoms. The molecule has 1 amide bonds. The van der Waals surface area contributed by atoms with Gasteiger partial charge in [-0.3, -0.25) is 0 Å². The smallest absolute Gasteiger partial charge is 0.408 e. The van der Waals surface area contributed by atoms with Crippen molar-refractivity contribution in [1.29, 1.82) is 0 Å². The Morgan fingerprint density at radius 1 is 0.971 bits per heavy atom. The average Bonchev–Trinajstić information content (AvgIpc) is 3.17. The Kier molecular flexibility index (Phi) is 7.60. The standard InChI is InChI=1S/C27H26BrNO6/c1-3-33-23-14-16(13-22(28)25(23)34-4-2)24(26(30)31)29-27(32)35-15-21-19-11-7-5-9-17(19)18-10-6-8-12-20(18)21/h5-14,21,24H,3-4,15H2,1-2H3,(H,29,32)(H,30,31). The van der Waals surface area contributed by atoms with E-state index in [1.807, 2.05) is 50.2 Å². The van der Waals surface area contributed by atoms with Crippen molar-refractivity contribution in [2.75, 3.05) is 19.8 Å². The van der Waals surface area contributed by atoms with Gasteiger partial charge in [0.05, 0.1) is 17.7 Å². The van der Waals surface area contributed by atoms with Crippen LogP contribution in [-0.4, -0.2) is 37.0 Å². The summed E-state index contributed by atoms with van der Waals surface area (Å²) >= 11 is 3.42. The first-order valence-corrected chi connectivity index (χ1v) is 12.2. The number of halogens is 1. The molecule has 0 fully saturated rings. The molecule has 3 aromatic carbocycles. The minimum absolute atomic E-state index is 0.0867. The highest BCUT2D eigenvalue weighted by Crippen LogP contribution is 2.44. The molecule has 0 aliphatic heterocycles. The minimum atomic E-state index is -1.34. The molecule has 182 valence electrons. The molecule has 1 unspecified atom stereocenters. The van der Waals surface area contributed by atoms with Crippen LogP contribution in [0.3, 0.4) is 0 Å². The summed E-state index contributed by atoms with van der Waals surface area (Å²) in [5.74, 6) is -0.486. The van der Waals surface area contributed by atoms with Crippen molar-refractivity contribution >= 4 is 28.0 Å². The van der Waals surface area contributed by atoms with E-state index in [0.29, 0.717) is 34.7 Å². The van der Waals surface area contributed by atoms with E-state index in [-0.39, 0.29) is 12.5 Å². The molecule has 0 heterocycles. The van der Waals surface area contributed by atoms with Gasteiger partial charge >= 0.3 is 12.1 Å². The lowest BCUT2D eigenvalue weighted by molar-refractivity contribution is -0.139. The van der Waals surface area contributed by atoms with Gasteiger partial charge in [-0.15, -0.1) is 0 Å². The lowest BCUT2D eigenvalue weighted by atomic mass is 9.98. The van der Waals surface area contributed by atoms with Crippen LogP contribution in [0.15, 0.2) is 65.1 Å². The van der Waals surface area contributed by atoms with Crippen molar-refractivity contribution < 1.29 is 28.9 Å². The third kappa shape index (κ3) is 5.12. The molecule has 0 bridgehead atoms. The lowest BCUT2D eigenvalue weighted by Crippen LogP contribution is -2.35. The molecule has 7 nitrogen and oxygen atoms in total. The number of aliphatic carboxylic acids is 1. The number of alkyl carbamates (subject to hydrolysis) is 1. The number of nitrogens with one attached hydrogen (secondary N) is 1. The summed E-state index contributed by atoms with van der Waals surface area (Å²) in [5, 5.41) is 12.3. The van der Waals surface area contributed by atoms with Gasteiger partial charge in [-0.05, 0) is 69.7 Å². The third-order valence-electron chi connectivity index (χ3n) is 5.81. The number of carboxylic acids is 1. The maximum absolute atomic E-state index is 12.7. The zero-order valence-electron chi connectivity index (χ0n) is 19.4. The molecule has 4 rings (SSSR count). The van der Waals surface area contributed by atoms with E-state index in [0.717, 1.165) is 22.3 Å². The highest BCUT2D eigenvalue weighted by atomic mass is 79.9. The van der Waals surface area contributed by atoms with Crippen molar-refractivity contribution in [3.8, 4) is 22.6 Å². The van der Waals surface area contributed by atoms with Crippen molar-refractivity contribution in [2.24, 2.45) is 0 Å². The number of rotatable bonds is 9. The predicted octanol–water partition coefficient (Wildman–Crippen LogP) is 5.91. The van der Waals surface area contributed by atoms with Crippen LogP contribution in [-0.2, 0) is 9.53 Å². The van der Waals surface area contributed by atoms with Crippen LogP contribution in [0.5, 0.6) is 11.5 Å². The highest BCUT2D eigenvalue weighted by molar-refractivity contribution is 9.10. The van der Waals surface area contributed by atoms with E-state index < -0.39 is 18.1 Å². The van der Waals surface area contributed by atoms with E-state index in [4.69, 9.17) is 14.2 Å². The zero-order valence-corrected chi connectivity index (χ0v) is 21.0. The zero-order chi connectivity index (χ0) is 24.9. The Bertz CT molecular complexity index is 1200. The van der Waals surface area contributed by atoms with E-state index in [1.54, 1.807) is 12.1 Å². The van der Waals surface area contributed by atoms with Crippen LogP contribution < -0.4 is 14.8 Å². The van der Waals surface area contributed by atoms with Crippen LogP contribution in [0.1, 0.15) is 42.5 Å². The van der Waals surface area contributed by atoms with Gasteiger partial charge in [0.25, 0.3) is 0 Å². The fourth-order valence-corrected chi connectivity index (χ4v) is 4.92. The molecule has 3 aromatic rings. The van der Waals surface area contributed by atoms with Gasteiger partial charge in [-0.25, -0.2) is 9.59 Å². The van der Waals surface area contributed by atoms with Gasteiger partial charge in [-0.1, -0.05) is 48.5 Å². The second kappa shape index (κ2) is 10.8. The number of carbonyl (C=O) groups excluding carboxylic acids is 1. The minimum Gasteiger partial charge on any atom is -0.490 e. The monoisotopic (exact) mass is 539 g/mol. The molecule has 1 aliphatic carbocycles. The Hall–Kier alpha value is -3.52. The van der Waals surface area contributed by atoms with E-state index in [9.17, 15) is 14.7 Å². The number of carbonyl (C=O) groups is 2. The highest BCUT2D eigenvalue weighted by Gasteiger charge is 2.30. The van der Waals surface area contributed by atoms with E-state index >= 15 is 0 Å². The number of hydrogen-bond acceptors (Lipinski definition) is 5. The Labute approximate surface area is 212 Å². The lowest BCUT2D eigenvalue weighted by Gasteiger charge is -2.20. The fraction of sp³-hybridized carbons (Fsp3) is 0.259. The number of fused-ring (bicyclic) bond motifs is 3. The van der Waals surface area contributed by atoms with Crippen LogP contribution in [0.2, 0.25) is 0 Å². The molecule has 1 aliphatic rings. The largest absolute Gasteiger partial charge is 0.490 e. The van der Waals surface area contributed by atoms with Crippen molar-refractivity contribution in [2.45, 2.75) is 25.8 Å². The van der Waals surface area contributed by atoms with Crippen molar-refractivity contribution in [1.82, 2.24) is 5.32 Å². The van der Waals surface area contributed by atoms with Crippen LogP contribution >= 0.6 is 15.9 Å². The number of amides is 1. The maximum Gasteiger partial charge on any atom is 0.408 e. The summed E-state index contributed by atoms with van der Waals surface area (Å²) in [5.41, 5.74) is 4.71. The van der Waals surface area contributed by atoms with Gasteiger partial charge in [0.15, 0.2) is 17.5 Å². The first-order chi connectivity index (χ1) is 16.9. The summed E-state index contributed by atoms with van der Waals surface area (Å²) in [4.78, 5) is 24.8. The van der Waals surface area contributed by atoms with E-state index in [2.05, 4.69) is 33.4 Å². The van der Waals surface area contributed by atoms with Gasteiger partial charge in [-0.2, -0.15) is 0 Å².